The predicted molar refractivity (Wildman–Crippen MR) is 86.7 cm³/mol. The molecule has 0 radical (unpaired) electrons. The zero-order chi connectivity index (χ0) is 16.2. The molecule has 3 heterocycles. The molecule has 0 saturated carbocycles. The van der Waals surface area contributed by atoms with Crippen molar-refractivity contribution in [3.8, 4) is 0 Å². The average molecular weight is 322 g/mol. The molecular weight excluding hydrogens is 296 g/mol. The first kappa shape index (κ1) is 16.6. The van der Waals surface area contributed by atoms with Crippen molar-refractivity contribution in [2.75, 3.05) is 46.6 Å². The van der Waals surface area contributed by atoms with E-state index in [2.05, 4.69) is 11.0 Å². The third-order valence-electron chi connectivity index (χ3n) is 4.77. The lowest BCUT2D eigenvalue weighted by Crippen LogP contribution is -2.49. The van der Waals surface area contributed by atoms with E-state index in [1.165, 1.54) is 0 Å². The molecule has 1 saturated heterocycles. The number of β-amino-alcohol motifs (C(OH)–C–C–N with tert-alkyl or cyclic N) is 1. The van der Waals surface area contributed by atoms with E-state index in [0.717, 1.165) is 31.7 Å². The number of piperidine rings is 1. The third kappa shape index (κ3) is 4.01. The summed E-state index contributed by atoms with van der Waals surface area (Å²) in [5, 5.41) is 10.1. The van der Waals surface area contributed by atoms with Crippen molar-refractivity contribution in [1.82, 2.24) is 9.47 Å². The van der Waals surface area contributed by atoms with E-state index in [1.54, 1.807) is 13.2 Å². The fraction of sp³-hybridized carbons (Fsp3) is 0.706. The second-order valence-corrected chi connectivity index (χ2v) is 6.64. The molecule has 2 bridgehead atoms. The van der Waals surface area contributed by atoms with E-state index in [9.17, 15) is 9.90 Å². The maximum Gasteiger partial charge on any atom is 0.250 e. The number of ether oxygens (including phenoxy) is 2. The van der Waals surface area contributed by atoms with Gasteiger partial charge < -0.3 is 19.1 Å². The van der Waals surface area contributed by atoms with Crippen molar-refractivity contribution in [3.63, 3.8) is 0 Å². The first-order valence-electron chi connectivity index (χ1n) is 8.34. The lowest BCUT2D eigenvalue weighted by atomic mass is 9.83. The summed E-state index contributed by atoms with van der Waals surface area (Å²) in [6.45, 7) is 4.65. The summed E-state index contributed by atoms with van der Waals surface area (Å²) < 4.78 is 12.2. The molecule has 1 N–H and O–H groups in total. The molecule has 0 spiro atoms. The van der Waals surface area contributed by atoms with Gasteiger partial charge in [0.15, 0.2) is 0 Å². The summed E-state index contributed by atoms with van der Waals surface area (Å²) in [5.74, 6) is 0.876. The van der Waals surface area contributed by atoms with Gasteiger partial charge >= 0.3 is 0 Å². The van der Waals surface area contributed by atoms with Gasteiger partial charge in [-0.05, 0) is 18.4 Å². The zero-order valence-electron chi connectivity index (χ0n) is 13.7. The maximum atomic E-state index is 12.0. The normalized spacial score (nSPS) is 25.1. The van der Waals surface area contributed by atoms with Crippen LogP contribution in [0.1, 0.15) is 18.0 Å². The maximum absolute atomic E-state index is 12.0. The number of rotatable bonds is 7. The number of aromatic nitrogens is 1. The Labute approximate surface area is 136 Å². The Hall–Kier alpha value is -1.21. The smallest absolute Gasteiger partial charge is 0.250 e. The Kier molecular flexibility index (Phi) is 5.48. The van der Waals surface area contributed by atoms with E-state index >= 15 is 0 Å². The Bertz CT molecular complexity index is 574. The van der Waals surface area contributed by atoms with E-state index in [0.29, 0.717) is 38.2 Å². The van der Waals surface area contributed by atoms with Gasteiger partial charge in [-0.25, -0.2) is 0 Å². The van der Waals surface area contributed by atoms with Crippen molar-refractivity contribution >= 4 is 0 Å². The number of hydrogen-bond acceptors (Lipinski definition) is 5. The van der Waals surface area contributed by atoms with E-state index in [1.807, 2.05) is 10.6 Å². The molecule has 0 unspecified atom stereocenters. The minimum atomic E-state index is -0.483. The molecule has 2 aliphatic heterocycles. The van der Waals surface area contributed by atoms with Gasteiger partial charge in [0, 0.05) is 51.0 Å². The van der Waals surface area contributed by atoms with Crippen molar-refractivity contribution in [2.24, 2.45) is 5.92 Å². The van der Waals surface area contributed by atoms with E-state index in [4.69, 9.17) is 9.47 Å². The molecule has 128 valence electrons. The average Bonchev–Trinajstić information content (AvgIpc) is 2.53. The number of nitrogens with zero attached hydrogens (tertiary/aromatic N) is 2. The molecule has 0 aromatic carbocycles. The highest BCUT2D eigenvalue weighted by Gasteiger charge is 2.34. The SMILES string of the molecule is COCCOC[C@@H](O)CN1C[C@@H]2C[C@H](C1)c1cccc(=O)n1C2. The summed E-state index contributed by atoms with van der Waals surface area (Å²) in [5.41, 5.74) is 1.25. The van der Waals surface area contributed by atoms with Crippen molar-refractivity contribution in [2.45, 2.75) is 25.0 Å². The number of likely N-dealkylation sites (tertiary alicyclic amines) is 1. The molecule has 0 aliphatic carbocycles. The zero-order valence-corrected chi connectivity index (χ0v) is 13.7. The molecule has 3 rings (SSSR count). The lowest BCUT2D eigenvalue weighted by molar-refractivity contribution is -0.00995. The van der Waals surface area contributed by atoms with Crippen LogP contribution in [0.3, 0.4) is 0 Å². The van der Waals surface area contributed by atoms with Crippen LogP contribution in [0, 0.1) is 5.92 Å². The summed E-state index contributed by atoms with van der Waals surface area (Å²) in [6.07, 6.45) is 0.657. The Morgan fingerprint density at radius 2 is 2.17 bits per heavy atom. The monoisotopic (exact) mass is 322 g/mol. The number of hydrogen-bond donors (Lipinski definition) is 1. The van der Waals surface area contributed by atoms with Gasteiger partial charge in [0.05, 0.1) is 25.9 Å². The topological polar surface area (TPSA) is 63.9 Å². The third-order valence-corrected chi connectivity index (χ3v) is 4.77. The number of aliphatic hydroxyl groups is 1. The Balaban J connectivity index is 1.56. The molecule has 3 atom stereocenters. The predicted octanol–water partition coefficient (Wildman–Crippen LogP) is 0.291. The number of pyridine rings is 1. The summed E-state index contributed by atoms with van der Waals surface area (Å²) >= 11 is 0. The number of methoxy groups -OCH3 is 1. The van der Waals surface area contributed by atoms with Crippen molar-refractivity contribution in [3.05, 3.63) is 34.2 Å². The highest BCUT2D eigenvalue weighted by molar-refractivity contribution is 5.16. The van der Waals surface area contributed by atoms with Gasteiger partial charge in [0.2, 0.25) is 0 Å². The van der Waals surface area contributed by atoms with E-state index in [-0.39, 0.29) is 5.56 Å². The standard InChI is InChI=1S/C17H26N2O4/c1-22-5-6-23-12-15(20)11-18-8-13-7-14(10-18)16-3-2-4-17(21)19(16)9-13/h2-4,13-15,20H,5-12H2,1H3/t13-,14+,15-/m0/s1. The van der Waals surface area contributed by atoms with Gasteiger partial charge in [0.1, 0.15) is 0 Å². The molecule has 6 nitrogen and oxygen atoms in total. The van der Waals surface area contributed by atoms with Gasteiger partial charge in [-0.2, -0.15) is 0 Å². The van der Waals surface area contributed by atoms with Crippen LogP contribution >= 0.6 is 0 Å². The first-order valence-corrected chi connectivity index (χ1v) is 8.34. The van der Waals surface area contributed by atoms with Crippen LogP contribution in [0.25, 0.3) is 0 Å². The summed E-state index contributed by atoms with van der Waals surface area (Å²) in [7, 11) is 1.63. The minimum absolute atomic E-state index is 0.109. The van der Waals surface area contributed by atoms with Gasteiger partial charge in [0.25, 0.3) is 5.56 Å². The molecule has 2 aliphatic rings. The summed E-state index contributed by atoms with van der Waals surface area (Å²) in [4.78, 5) is 14.3. The van der Waals surface area contributed by atoms with Gasteiger partial charge in [-0.3, -0.25) is 9.69 Å². The van der Waals surface area contributed by atoms with Crippen LogP contribution in [0.5, 0.6) is 0 Å². The largest absolute Gasteiger partial charge is 0.389 e. The highest BCUT2D eigenvalue weighted by atomic mass is 16.5. The van der Waals surface area contributed by atoms with E-state index < -0.39 is 6.10 Å². The van der Waals surface area contributed by atoms with Crippen molar-refractivity contribution in [1.29, 1.82) is 0 Å². The summed E-state index contributed by atoms with van der Waals surface area (Å²) in [6, 6.07) is 5.56. The van der Waals surface area contributed by atoms with Gasteiger partial charge in [-0.1, -0.05) is 6.07 Å². The van der Waals surface area contributed by atoms with Crippen LogP contribution < -0.4 is 5.56 Å². The molecule has 0 amide bonds. The molecule has 1 fully saturated rings. The highest BCUT2D eigenvalue weighted by Crippen LogP contribution is 2.34. The van der Waals surface area contributed by atoms with Gasteiger partial charge in [-0.15, -0.1) is 0 Å². The lowest BCUT2D eigenvalue weighted by Gasteiger charge is -2.43. The van der Waals surface area contributed by atoms with Crippen LogP contribution in [-0.2, 0) is 16.0 Å². The molecule has 1 aromatic rings. The van der Waals surface area contributed by atoms with Crippen LogP contribution in [0.2, 0.25) is 0 Å². The van der Waals surface area contributed by atoms with Crippen LogP contribution in [0.4, 0.5) is 0 Å². The fourth-order valence-electron chi connectivity index (χ4n) is 3.86. The molecule has 1 aromatic heterocycles. The van der Waals surface area contributed by atoms with Crippen LogP contribution in [0.15, 0.2) is 23.0 Å². The van der Waals surface area contributed by atoms with Crippen LogP contribution in [-0.4, -0.2) is 67.2 Å². The minimum Gasteiger partial charge on any atom is -0.389 e. The Morgan fingerprint density at radius 1 is 1.30 bits per heavy atom. The second-order valence-electron chi connectivity index (χ2n) is 6.64. The molecule has 23 heavy (non-hydrogen) atoms. The number of aliphatic hydroxyl groups excluding tert-OH is 1. The molecule has 6 heteroatoms. The number of fused-ring (bicyclic) bond motifs is 4. The quantitative estimate of drug-likeness (QED) is 0.731. The molecular formula is C17H26N2O4. The van der Waals surface area contributed by atoms with Crippen molar-refractivity contribution < 1.29 is 14.6 Å². The second kappa shape index (κ2) is 7.57. The first-order chi connectivity index (χ1) is 11.2. The fourth-order valence-corrected chi connectivity index (χ4v) is 3.86. The Morgan fingerprint density at radius 3 is 3.00 bits per heavy atom.